The van der Waals surface area contributed by atoms with Crippen molar-refractivity contribution in [1.82, 2.24) is 5.32 Å². The van der Waals surface area contributed by atoms with E-state index in [2.05, 4.69) is 66.8 Å². The Kier molecular flexibility index (Phi) is 7.44. The number of hydrogen-bond acceptors (Lipinski definition) is 3. The summed E-state index contributed by atoms with van der Waals surface area (Å²) in [6.07, 6.45) is 1.28. The number of hydrogen-bond donors (Lipinski definition) is 1. The minimum atomic E-state index is 0. The zero-order valence-electron chi connectivity index (χ0n) is 13.4. The summed E-state index contributed by atoms with van der Waals surface area (Å²) in [7, 11) is 0. The molecule has 4 heteroatoms. The molecule has 1 heterocycles. The van der Waals surface area contributed by atoms with Gasteiger partial charge in [0.25, 0.3) is 0 Å². The van der Waals surface area contributed by atoms with Crippen LogP contribution in [0.3, 0.4) is 0 Å². The molecule has 2 aromatic rings. The van der Waals surface area contributed by atoms with Gasteiger partial charge in [-0.2, -0.15) is 0 Å². The van der Waals surface area contributed by atoms with Crippen LogP contribution in [-0.4, -0.2) is 25.8 Å². The Morgan fingerprint density at radius 3 is 2.57 bits per heavy atom. The van der Waals surface area contributed by atoms with E-state index in [4.69, 9.17) is 4.74 Å². The Labute approximate surface area is 149 Å². The zero-order chi connectivity index (χ0) is 15.2. The highest BCUT2D eigenvalue weighted by atomic mass is 35.5. The van der Waals surface area contributed by atoms with Gasteiger partial charge in [0.15, 0.2) is 0 Å². The minimum absolute atomic E-state index is 0. The van der Waals surface area contributed by atoms with Gasteiger partial charge in [-0.25, -0.2) is 0 Å². The zero-order valence-corrected chi connectivity index (χ0v) is 15.0. The van der Waals surface area contributed by atoms with Crippen molar-refractivity contribution in [2.75, 3.05) is 19.7 Å². The molecule has 0 bridgehead atoms. The van der Waals surface area contributed by atoms with Gasteiger partial charge in [0, 0.05) is 18.0 Å². The summed E-state index contributed by atoms with van der Waals surface area (Å²) in [5.41, 5.74) is 2.75. The van der Waals surface area contributed by atoms with Crippen molar-refractivity contribution in [3.8, 4) is 0 Å². The number of nitrogens with one attached hydrogen (secondary N) is 1. The second-order valence-corrected chi connectivity index (χ2v) is 6.71. The van der Waals surface area contributed by atoms with Crippen molar-refractivity contribution < 1.29 is 4.74 Å². The molecular weight excluding hydrogens is 326 g/mol. The molecule has 0 spiro atoms. The molecule has 0 saturated carbocycles. The lowest BCUT2D eigenvalue weighted by molar-refractivity contribution is 0.0273. The third-order valence-electron chi connectivity index (χ3n) is 4.03. The molecule has 1 aliphatic rings. The fraction of sp³-hybridized carbons (Fsp3) is 0.368. The average molecular weight is 350 g/mol. The molecule has 2 atom stereocenters. The van der Waals surface area contributed by atoms with Crippen LogP contribution in [0.1, 0.15) is 23.3 Å². The second kappa shape index (κ2) is 9.33. The van der Waals surface area contributed by atoms with Crippen molar-refractivity contribution in [2.45, 2.75) is 29.6 Å². The van der Waals surface area contributed by atoms with Crippen molar-refractivity contribution in [2.24, 2.45) is 0 Å². The van der Waals surface area contributed by atoms with Crippen molar-refractivity contribution in [1.29, 1.82) is 0 Å². The van der Waals surface area contributed by atoms with Gasteiger partial charge in [0.2, 0.25) is 0 Å². The molecule has 3 rings (SSSR count). The van der Waals surface area contributed by atoms with E-state index in [9.17, 15) is 0 Å². The van der Waals surface area contributed by atoms with Crippen LogP contribution in [0.5, 0.6) is 0 Å². The van der Waals surface area contributed by atoms with Gasteiger partial charge in [-0.05, 0) is 23.6 Å². The Morgan fingerprint density at radius 1 is 1.13 bits per heavy atom. The van der Waals surface area contributed by atoms with Crippen LogP contribution in [0.2, 0.25) is 0 Å². The van der Waals surface area contributed by atoms with Crippen LogP contribution in [0.25, 0.3) is 0 Å². The number of thioether (sulfide) groups is 1. The number of morpholine rings is 1. The number of aryl methyl sites for hydroxylation is 1. The Morgan fingerprint density at radius 2 is 1.87 bits per heavy atom. The quantitative estimate of drug-likeness (QED) is 0.803. The van der Waals surface area contributed by atoms with Crippen LogP contribution < -0.4 is 5.32 Å². The molecule has 1 saturated heterocycles. The van der Waals surface area contributed by atoms with Gasteiger partial charge in [-0.15, -0.1) is 24.2 Å². The predicted octanol–water partition coefficient (Wildman–Crippen LogP) is 4.49. The Bertz CT molecular complexity index is 587. The Balaban J connectivity index is 0.00000192. The third kappa shape index (κ3) is 4.74. The molecule has 0 amide bonds. The molecule has 1 N–H and O–H groups in total. The molecule has 0 radical (unpaired) electrons. The lowest BCUT2D eigenvalue weighted by Gasteiger charge is -2.31. The van der Waals surface area contributed by atoms with Crippen LogP contribution in [0.4, 0.5) is 0 Å². The topological polar surface area (TPSA) is 21.3 Å². The minimum Gasteiger partial charge on any atom is -0.374 e. The molecule has 0 aliphatic carbocycles. The summed E-state index contributed by atoms with van der Waals surface area (Å²) in [6.45, 7) is 4.88. The molecule has 124 valence electrons. The van der Waals surface area contributed by atoms with Crippen LogP contribution in [0, 0.1) is 0 Å². The van der Waals surface area contributed by atoms with Gasteiger partial charge in [-0.1, -0.05) is 55.5 Å². The number of halogens is 1. The van der Waals surface area contributed by atoms with E-state index in [0.29, 0.717) is 5.25 Å². The van der Waals surface area contributed by atoms with Crippen molar-refractivity contribution in [3.63, 3.8) is 0 Å². The average Bonchev–Trinajstić information content (AvgIpc) is 2.61. The lowest BCUT2D eigenvalue weighted by Crippen LogP contribution is -2.41. The van der Waals surface area contributed by atoms with E-state index < -0.39 is 0 Å². The SMILES string of the molecule is CCc1ccccc1S[C@H](c1ccccc1)[C@H]1CNCCO1.Cl. The molecule has 1 fully saturated rings. The first-order valence-electron chi connectivity index (χ1n) is 8.00. The summed E-state index contributed by atoms with van der Waals surface area (Å²) in [4.78, 5) is 1.37. The monoisotopic (exact) mass is 349 g/mol. The number of ether oxygens (including phenoxy) is 1. The standard InChI is InChI=1S/C19H23NOS.ClH/c1-2-15-8-6-7-11-18(15)22-19(16-9-4-3-5-10-16)17-14-20-12-13-21-17;/h3-11,17,19-20H,2,12-14H2,1H3;1H/t17-,19-;/m1./s1. The van der Waals surface area contributed by atoms with E-state index in [1.54, 1.807) is 0 Å². The van der Waals surface area contributed by atoms with Crippen molar-refractivity contribution in [3.05, 3.63) is 65.7 Å². The van der Waals surface area contributed by atoms with Crippen LogP contribution in [0.15, 0.2) is 59.5 Å². The van der Waals surface area contributed by atoms with Gasteiger partial charge in [0.1, 0.15) is 0 Å². The van der Waals surface area contributed by atoms with E-state index >= 15 is 0 Å². The van der Waals surface area contributed by atoms with E-state index in [1.807, 2.05) is 11.8 Å². The van der Waals surface area contributed by atoms with Gasteiger partial charge < -0.3 is 10.1 Å². The number of benzene rings is 2. The summed E-state index contributed by atoms with van der Waals surface area (Å²) < 4.78 is 6.06. The van der Waals surface area contributed by atoms with Crippen LogP contribution >= 0.6 is 24.2 Å². The van der Waals surface area contributed by atoms with Crippen LogP contribution in [-0.2, 0) is 11.2 Å². The highest BCUT2D eigenvalue weighted by Gasteiger charge is 2.27. The van der Waals surface area contributed by atoms with Gasteiger partial charge in [0.05, 0.1) is 18.0 Å². The largest absolute Gasteiger partial charge is 0.374 e. The molecule has 2 nitrogen and oxygen atoms in total. The molecular formula is C19H24ClNOS. The fourth-order valence-corrected chi connectivity index (χ4v) is 4.24. The maximum atomic E-state index is 6.06. The highest BCUT2D eigenvalue weighted by molar-refractivity contribution is 7.99. The van der Waals surface area contributed by atoms with E-state index in [-0.39, 0.29) is 18.5 Å². The summed E-state index contributed by atoms with van der Waals surface area (Å²) in [6, 6.07) is 19.4. The molecule has 2 aromatic carbocycles. The van der Waals surface area contributed by atoms with Gasteiger partial charge in [-0.3, -0.25) is 0 Å². The van der Waals surface area contributed by atoms with Gasteiger partial charge >= 0.3 is 0 Å². The first kappa shape index (κ1) is 18.3. The fourth-order valence-electron chi connectivity index (χ4n) is 2.83. The Hall–Kier alpha value is -1.00. The summed E-state index contributed by atoms with van der Waals surface area (Å²) in [5, 5.41) is 3.78. The summed E-state index contributed by atoms with van der Waals surface area (Å²) in [5.74, 6) is 0. The highest BCUT2D eigenvalue weighted by Crippen LogP contribution is 2.40. The maximum absolute atomic E-state index is 6.06. The normalized spacial score (nSPS) is 18.9. The molecule has 23 heavy (non-hydrogen) atoms. The summed E-state index contributed by atoms with van der Waals surface area (Å²) >= 11 is 1.93. The van der Waals surface area contributed by atoms with E-state index in [1.165, 1.54) is 16.0 Å². The molecule has 1 aliphatic heterocycles. The first-order valence-corrected chi connectivity index (χ1v) is 8.88. The second-order valence-electron chi connectivity index (χ2n) is 5.52. The first-order chi connectivity index (χ1) is 10.9. The lowest BCUT2D eigenvalue weighted by atomic mass is 10.1. The predicted molar refractivity (Wildman–Crippen MR) is 101 cm³/mol. The molecule has 0 unspecified atom stereocenters. The van der Waals surface area contributed by atoms with E-state index in [0.717, 1.165) is 26.1 Å². The smallest absolute Gasteiger partial charge is 0.0862 e. The maximum Gasteiger partial charge on any atom is 0.0862 e. The molecule has 0 aromatic heterocycles. The van der Waals surface area contributed by atoms with Crippen molar-refractivity contribution >= 4 is 24.2 Å². The number of rotatable bonds is 5. The third-order valence-corrected chi connectivity index (χ3v) is 5.51.